The Morgan fingerprint density at radius 1 is 1.47 bits per heavy atom. The first-order chi connectivity index (χ1) is 8.15. The van der Waals surface area contributed by atoms with Crippen molar-refractivity contribution in [3.8, 4) is 0 Å². The summed E-state index contributed by atoms with van der Waals surface area (Å²) in [4.78, 5) is 15.1. The number of para-hydroxylation sites is 1. The number of nitrogens with two attached hydrogens (primary N) is 1. The van der Waals surface area contributed by atoms with E-state index in [1.807, 2.05) is 4.90 Å². The summed E-state index contributed by atoms with van der Waals surface area (Å²) in [6.45, 7) is 1.50. The number of benzene rings is 1. The second kappa shape index (κ2) is 4.71. The molecule has 1 aromatic carbocycles. The lowest BCUT2D eigenvalue weighted by atomic mass is 10.2. The molecule has 1 heterocycles. The first-order valence-corrected chi connectivity index (χ1v) is 5.65. The van der Waals surface area contributed by atoms with Crippen LogP contribution in [0.15, 0.2) is 18.2 Å². The third kappa shape index (κ3) is 2.10. The fraction of sp³-hybridized carbons (Fsp3) is 0.417. The number of hydrogen-bond acceptors (Lipinski definition) is 3. The van der Waals surface area contributed by atoms with E-state index < -0.39 is 0 Å². The summed E-state index contributed by atoms with van der Waals surface area (Å²) >= 11 is 0. The van der Waals surface area contributed by atoms with Gasteiger partial charge in [0, 0.05) is 33.1 Å². The fourth-order valence-electron chi connectivity index (χ4n) is 2.11. The predicted molar refractivity (Wildman–Crippen MR) is 65.7 cm³/mol. The van der Waals surface area contributed by atoms with Crippen LogP contribution in [0.4, 0.5) is 15.8 Å². The van der Waals surface area contributed by atoms with Crippen LogP contribution in [0.2, 0.25) is 0 Å². The van der Waals surface area contributed by atoms with Crippen LogP contribution in [0, 0.1) is 5.82 Å². The maximum Gasteiger partial charge on any atom is 0.228 e. The Morgan fingerprint density at radius 2 is 2.24 bits per heavy atom. The van der Waals surface area contributed by atoms with Crippen LogP contribution in [0.25, 0.3) is 0 Å². The van der Waals surface area contributed by atoms with Crippen molar-refractivity contribution in [1.82, 2.24) is 0 Å². The molecule has 0 bridgehead atoms. The minimum Gasteiger partial charge on any atom is -0.366 e. The van der Waals surface area contributed by atoms with Gasteiger partial charge in [0.2, 0.25) is 5.91 Å². The van der Waals surface area contributed by atoms with Gasteiger partial charge in [-0.3, -0.25) is 4.79 Å². The number of rotatable bonds is 2. The number of anilines is 2. The maximum atomic E-state index is 13.9. The minimum absolute atomic E-state index is 0.00336. The molecule has 2 N–H and O–H groups in total. The zero-order valence-corrected chi connectivity index (χ0v) is 9.82. The summed E-state index contributed by atoms with van der Waals surface area (Å²) in [5.41, 5.74) is 6.61. The topological polar surface area (TPSA) is 49.6 Å². The zero-order chi connectivity index (χ0) is 12.4. The van der Waals surface area contributed by atoms with Gasteiger partial charge in [-0.15, -0.1) is 0 Å². The van der Waals surface area contributed by atoms with Gasteiger partial charge in [-0.1, -0.05) is 6.07 Å². The molecule has 0 spiro atoms. The van der Waals surface area contributed by atoms with E-state index in [1.54, 1.807) is 19.2 Å². The molecule has 4 nitrogen and oxygen atoms in total. The SMILES string of the molecule is CN1C(=O)CCN(CCN)c2c(F)cccc21. The monoisotopic (exact) mass is 237 g/mol. The lowest BCUT2D eigenvalue weighted by molar-refractivity contribution is -0.118. The van der Waals surface area contributed by atoms with Gasteiger partial charge in [0.1, 0.15) is 5.82 Å². The zero-order valence-electron chi connectivity index (χ0n) is 9.82. The molecule has 0 atom stereocenters. The quantitative estimate of drug-likeness (QED) is 0.833. The predicted octanol–water partition coefficient (Wildman–Crippen LogP) is 0.957. The average Bonchev–Trinajstić information content (AvgIpc) is 2.43. The van der Waals surface area contributed by atoms with Crippen LogP contribution < -0.4 is 15.5 Å². The van der Waals surface area contributed by atoms with Crippen LogP contribution in [-0.2, 0) is 4.79 Å². The molecule has 1 amide bonds. The van der Waals surface area contributed by atoms with Crippen molar-refractivity contribution in [2.45, 2.75) is 6.42 Å². The Hall–Kier alpha value is -1.62. The van der Waals surface area contributed by atoms with Crippen LogP contribution in [-0.4, -0.2) is 32.6 Å². The highest BCUT2D eigenvalue weighted by molar-refractivity contribution is 5.98. The van der Waals surface area contributed by atoms with E-state index in [1.165, 1.54) is 11.0 Å². The van der Waals surface area contributed by atoms with Crippen molar-refractivity contribution in [3.05, 3.63) is 24.0 Å². The first kappa shape index (κ1) is 11.9. The highest BCUT2D eigenvalue weighted by Gasteiger charge is 2.25. The molecule has 0 saturated carbocycles. The van der Waals surface area contributed by atoms with Crippen molar-refractivity contribution >= 4 is 17.3 Å². The van der Waals surface area contributed by atoms with E-state index in [-0.39, 0.29) is 11.7 Å². The van der Waals surface area contributed by atoms with Gasteiger partial charge in [-0.25, -0.2) is 4.39 Å². The van der Waals surface area contributed by atoms with Crippen molar-refractivity contribution < 1.29 is 9.18 Å². The standard InChI is InChI=1S/C12H16FN3O/c1-15-10-4-2-3-9(13)12(10)16(8-6-14)7-5-11(15)17/h2-4H,5-8,14H2,1H3. The summed E-state index contributed by atoms with van der Waals surface area (Å²) in [6, 6.07) is 4.78. The molecule has 0 aliphatic carbocycles. The van der Waals surface area contributed by atoms with E-state index in [0.717, 1.165) is 0 Å². The number of halogens is 1. The summed E-state index contributed by atoms with van der Waals surface area (Å²) < 4.78 is 13.9. The van der Waals surface area contributed by atoms with Crippen molar-refractivity contribution in [2.75, 3.05) is 36.5 Å². The highest BCUT2D eigenvalue weighted by atomic mass is 19.1. The number of hydrogen-bond donors (Lipinski definition) is 1. The summed E-state index contributed by atoms with van der Waals surface area (Å²) in [5.74, 6) is -0.311. The molecule has 0 radical (unpaired) electrons. The van der Waals surface area contributed by atoms with Gasteiger partial charge in [0.05, 0.1) is 11.4 Å². The maximum absolute atomic E-state index is 13.9. The van der Waals surface area contributed by atoms with Crippen molar-refractivity contribution in [3.63, 3.8) is 0 Å². The van der Waals surface area contributed by atoms with E-state index in [4.69, 9.17) is 5.73 Å². The average molecular weight is 237 g/mol. The molecule has 1 aliphatic heterocycles. The van der Waals surface area contributed by atoms with Gasteiger partial charge in [0.25, 0.3) is 0 Å². The molecule has 1 aromatic rings. The summed E-state index contributed by atoms with van der Waals surface area (Å²) in [5, 5.41) is 0. The van der Waals surface area contributed by atoms with E-state index in [2.05, 4.69) is 0 Å². The minimum atomic E-state index is -0.308. The summed E-state index contributed by atoms with van der Waals surface area (Å²) in [7, 11) is 1.67. The molecule has 17 heavy (non-hydrogen) atoms. The largest absolute Gasteiger partial charge is 0.366 e. The van der Waals surface area contributed by atoms with Crippen molar-refractivity contribution in [1.29, 1.82) is 0 Å². The van der Waals surface area contributed by atoms with E-state index in [9.17, 15) is 9.18 Å². The molecule has 1 aliphatic rings. The second-order valence-electron chi connectivity index (χ2n) is 4.09. The Balaban J connectivity index is 2.51. The van der Waals surface area contributed by atoms with Gasteiger partial charge in [-0.2, -0.15) is 0 Å². The molecular weight excluding hydrogens is 221 g/mol. The number of amides is 1. The van der Waals surface area contributed by atoms with Crippen LogP contribution in [0.5, 0.6) is 0 Å². The first-order valence-electron chi connectivity index (χ1n) is 5.65. The number of fused-ring (bicyclic) bond motifs is 1. The van der Waals surface area contributed by atoms with Gasteiger partial charge >= 0.3 is 0 Å². The van der Waals surface area contributed by atoms with Gasteiger partial charge in [-0.05, 0) is 12.1 Å². The normalized spacial score (nSPS) is 15.8. The van der Waals surface area contributed by atoms with Gasteiger partial charge in [0.15, 0.2) is 0 Å². The third-order valence-electron chi connectivity index (χ3n) is 3.01. The molecule has 92 valence electrons. The molecule has 0 unspecified atom stereocenters. The van der Waals surface area contributed by atoms with Crippen molar-refractivity contribution in [2.24, 2.45) is 5.73 Å². The number of carbonyl (C=O) groups excluding carboxylic acids is 1. The molecule has 0 aromatic heterocycles. The Bertz CT molecular complexity index is 436. The Morgan fingerprint density at radius 3 is 2.94 bits per heavy atom. The van der Waals surface area contributed by atoms with E-state index in [0.29, 0.717) is 37.4 Å². The number of carbonyl (C=O) groups is 1. The van der Waals surface area contributed by atoms with Crippen LogP contribution >= 0.6 is 0 Å². The number of nitrogens with zero attached hydrogens (tertiary/aromatic N) is 2. The van der Waals surface area contributed by atoms with Gasteiger partial charge < -0.3 is 15.5 Å². The fourth-order valence-corrected chi connectivity index (χ4v) is 2.11. The van der Waals surface area contributed by atoms with Crippen LogP contribution in [0.3, 0.4) is 0 Å². The molecule has 5 heteroatoms. The molecular formula is C12H16FN3O. The summed E-state index contributed by atoms with van der Waals surface area (Å²) in [6.07, 6.45) is 0.380. The third-order valence-corrected chi connectivity index (χ3v) is 3.01. The highest BCUT2D eigenvalue weighted by Crippen LogP contribution is 2.33. The molecule has 2 rings (SSSR count). The second-order valence-corrected chi connectivity index (χ2v) is 4.09. The Kier molecular flexibility index (Phi) is 3.28. The lowest BCUT2D eigenvalue weighted by Gasteiger charge is -2.25. The Labute approximate surface area is 99.8 Å². The van der Waals surface area contributed by atoms with E-state index >= 15 is 0 Å². The molecule has 0 fully saturated rings. The lowest BCUT2D eigenvalue weighted by Crippen LogP contribution is -2.31. The molecule has 0 saturated heterocycles. The van der Waals surface area contributed by atoms with Crippen LogP contribution in [0.1, 0.15) is 6.42 Å². The smallest absolute Gasteiger partial charge is 0.228 e.